The summed E-state index contributed by atoms with van der Waals surface area (Å²) in [6.45, 7) is 4.15. The fourth-order valence-corrected chi connectivity index (χ4v) is 3.83. The number of nitrogens with zero attached hydrogens (tertiary/aromatic N) is 2. The zero-order valence-corrected chi connectivity index (χ0v) is 14.8. The van der Waals surface area contributed by atoms with E-state index >= 15 is 0 Å². The maximum absolute atomic E-state index is 13.1. The molecule has 0 bridgehead atoms. The van der Waals surface area contributed by atoms with Gasteiger partial charge in [0.15, 0.2) is 5.78 Å². The Morgan fingerprint density at radius 2 is 2.04 bits per heavy atom. The van der Waals surface area contributed by atoms with Crippen LogP contribution in [0.1, 0.15) is 39.3 Å². The van der Waals surface area contributed by atoms with Gasteiger partial charge in [-0.25, -0.2) is 0 Å². The molecule has 1 aliphatic rings. The Balaban J connectivity index is 0.00000169. The molecule has 4 rings (SSSR count). The largest absolute Gasteiger partial charge is 0.313 e. The van der Waals surface area contributed by atoms with E-state index in [0.717, 1.165) is 36.2 Å². The Hall–Kier alpha value is -2.13. The van der Waals surface area contributed by atoms with Crippen molar-refractivity contribution in [3.8, 4) is 0 Å². The normalized spacial score (nSPS) is 16.8. The van der Waals surface area contributed by atoms with Gasteiger partial charge in [0.2, 0.25) is 0 Å². The van der Waals surface area contributed by atoms with Gasteiger partial charge in [-0.2, -0.15) is 0 Å². The van der Waals surface area contributed by atoms with Crippen molar-refractivity contribution >= 4 is 23.7 Å². The fraction of sp³-hybridized carbons (Fsp3) is 0.300. The van der Waals surface area contributed by atoms with Crippen LogP contribution in [0.2, 0.25) is 0 Å². The van der Waals surface area contributed by atoms with E-state index in [9.17, 15) is 4.79 Å². The molecular weight excluding hydrogens is 320 g/mol. The smallest absolute Gasteiger partial charge is 0.183 e. The molecule has 0 N–H and O–H groups in total. The first-order valence-corrected chi connectivity index (χ1v) is 8.20. The van der Waals surface area contributed by atoms with Gasteiger partial charge in [-0.3, -0.25) is 9.78 Å². The summed E-state index contributed by atoms with van der Waals surface area (Å²) in [4.78, 5) is 17.5. The van der Waals surface area contributed by atoms with Crippen molar-refractivity contribution < 1.29 is 4.79 Å². The highest BCUT2D eigenvalue weighted by Crippen LogP contribution is 2.33. The molecular formula is C20H21ClN2O. The highest BCUT2D eigenvalue weighted by atomic mass is 35.5. The van der Waals surface area contributed by atoms with Crippen molar-refractivity contribution in [1.82, 2.24) is 9.38 Å². The van der Waals surface area contributed by atoms with Crippen molar-refractivity contribution in [1.29, 1.82) is 0 Å². The summed E-state index contributed by atoms with van der Waals surface area (Å²) >= 11 is 0. The van der Waals surface area contributed by atoms with Gasteiger partial charge >= 0.3 is 0 Å². The molecule has 0 aliphatic heterocycles. The molecule has 0 aromatic carbocycles. The van der Waals surface area contributed by atoms with E-state index in [-0.39, 0.29) is 24.1 Å². The molecule has 124 valence electrons. The Morgan fingerprint density at radius 1 is 1.21 bits per heavy atom. The molecule has 3 heterocycles. The number of carbonyl (C=O) groups excluding carboxylic acids is 1. The predicted molar refractivity (Wildman–Crippen MR) is 98.2 cm³/mol. The number of fused-ring (bicyclic) bond motifs is 3. The molecule has 0 radical (unpaired) electrons. The van der Waals surface area contributed by atoms with E-state index in [4.69, 9.17) is 0 Å². The zero-order chi connectivity index (χ0) is 16.0. The zero-order valence-electron chi connectivity index (χ0n) is 14.0. The molecule has 0 saturated carbocycles. The highest BCUT2D eigenvalue weighted by molar-refractivity contribution is 6.01. The van der Waals surface area contributed by atoms with Crippen molar-refractivity contribution in [2.24, 2.45) is 5.92 Å². The van der Waals surface area contributed by atoms with Gasteiger partial charge in [0.25, 0.3) is 0 Å². The van der Waals surface area contributed by atoms with Gasteiger partial charge in [-0.1, -0.05) is 12.1 Å². The predicted octanol–water partition coefficient (Wildman–Crippen LogP) is 4.36. The van der Waals surface area contributed by atoms with Gasteiger partial charge in [0.05, 0.1) is 5.69 Å². The molecule has 0 saturated heterocycles. The van der Waals surface area contributed by atoms with Crippen LogP contribution in [0.3, 0.4) is 0 Å². The van der Waals surface area contributed by atoms with Gasteiger partial charge in [-0.05, 0) is 68.0 Å². The highest BCUT2D eigenvalue weighted by Gasteiger charge is 2.32. The van der Waals surface area contributed by atoms with Crippen LogP contribution < -0.4 is 0 Å². The van der Waals surface area contributed by atoms with Crippen molar-refractivity contribution in [2.45, 2.75) is 33.1 Å². The molecule has 0 spiro atoms. The number of aromatic nitrogens is 2. The minimum atomic E-state index is 0. The Bertz CT molecular complexity index is 913. The van der Waals surface area contributed by atoms with Crippen molar-refractivity contribution in [2.75, 3.05) is 0 Å². The number of rotatable bonds is 2. The Labute approximate surface area is 148 Å². The van der Waals surface area contributed by atoms with Gasteiger partial charge < -0.3 is 4.40 Å². The molecule has 1 unspecified atom stereocenters. The third-order valence-corrected chi connectivity index (χ3v) is 5.15. The third kappa shape index (κ3) is 2.53. The SMILES string of the molecule is Cc1ncccc1CC1CCc2c(C)c3ccccn3c2C1=O.Cl. The van der Waals surface area contributed by atoms with E-state index in [1.807, 2.05) is 37.5 Å². The van der Waals surface area contributed by atoms with Crippen LogP contribution >= 0.6 is 12.4 Å². The minimum Gasteiger partial charge on any atom is -0.313 e. The average molecular weight is 341 g/mol. The first-order valence-electron chi connectivity index (χ1n) is 8.20. The summed E-state index contributed by atoms with van der Waals surface area (Å²) in [7, 11) is 0. The lowest BCUT2D eigenvalue weighted by molar-refractivity contribution is 0.0895. The van der Waals surface area contributed by atoms with Crippen LogP contribution in [0.4, 0.5) is 0 Å². The molecule has 3 aromatic heterocycles. The monoisotopic (exact) mass is 340 g/mol. The maximum Gasteiger partial charge on any atom is 0.183 e. The van der Waals surface area contributed by atoms with Crippen LogP contribution in [0.25, 0.3) is 5.52 Å². The van der Waals surface area contributed by atoms with Crippen molar-refractivity contribution in [3.63, 3.8) is 0 Å². The number of halogens is 1. The Kier molecular flexibility index (Phi) is 4.46. The van der Waals surface area contributed by atoms with Crippen LogP contribution in [0, 0.1) is 19.8 Å². The van der Waals surface area contributed by atoms with E-state index in [2.05, 4.69) is 28.4 Å². The third-order valence-electron chi connectivity index (χ3n) is 5.15. The lowest BCUT2D eigenvalue weighted by atomic mass is 9.81. The summed E-state index contributed by atoms with van der Waals surface area (Å²) in [6.07, 6.45) is 6.52. The molecule has 4 heteroatoms. The first kappa shape index (κ1) is 16.7. The van der Waals surface area contributed by atoms with Gasteiger partial charge in [0.1, 0.15) is 0 Å². The molecule has 3 aromatic rings. The van der Waals surface area contributed by atoms with Crippen LogP contribution in [0.15, 0.2) is 42.7 Å². The second kappa shape index (κ2) is 6.40. The lowest BCUT2D eigenvalue weighted by Crippen LogP contribution is -2.25. The molecule has 24 heavy (non-hydrogen) atoms. The number of Topliss-reactive ketones (excluding diaryl/α,β-unsaturated/α-hetero) is 1. The second-order valence-corrected chi connectivity index (χ2v) is 6.46. The summed E-state index contributed by atoms with van der Waals surface area (Å²) in [5.41, 5.74) is 6.76. The van der Waals surface area contributed by atoms with E-state index in [1.165, 1.54) is 16.7 Å². The molecule has 1 atom stereocenters. The van der Waals surface area contributed by atoms with E-state index in [0.29, 0.717) is 0 Å². The molecule has 0 fully saturated rings. The van der Waals surface area contributed by atoms with E-state index in [1.54, 1.807) is 0 Å². The van der Waals surface area contributed by atoms with Crippen molar-refractivity contribution in [3.05, 3.63) is 70.8 Å². The first-order chi connectivity index (χ1) is 11.2. The quantitative estimate of drug-likeness (QED) is 0.694. The minimum absolute atomic E-state index is 0. The topological polar surface area (TPSA) is 34.4 Å². The summed E-state index contributed by atoms with van der Waals surface area (Å²) in [5, 5.41) is 0. The fourth-order valence-electron chi connectivity index (χ4n) is 3.83. The number of hydrogen-bond donors (Lipinski definition) is 0. The van der Waals surface area contributed by atoms with E-state index < -0.39 is 0 Å². The van der Waals surface area contributed by atoms with Gasteiger partial charge in [0, 0.05) is 29.5 Å². The summed E-state index contributed by atoms with van der Waals surface area (Å²) < 4.78 is 2.08. The standard InChI is InChI=1S/C20H20N2O.ClH/c1-13-17-9-8-16(12-15-6-5-10-21-14(15)2)20(23)19(17)22-11-4-3-7-18(13)22;/h3-7,10-11,16H,8-9,12H2,1-2H3;1H. The maximum atomic E-state index is 13.1. The van der Waals surface area contributed by atoms with Crippen LogP contribution in [0.5, 0.6) is 0 Å². The molecule has 0 amide bonds. The lowest BCUT2D eigenvalue weighted by Gasteiger charge is -2.22. The summed E-state index contributed by atoms with van der Waals surface area (Å²) in [6, 6.07) is 10.2. The number of carbonyl (C=O) groups is 1. The van der Waals surface area contributed by atoms with Crippen LogP contribution in [-0.4, -0.2) is 15.2 Å². The second-order valence-electron chi connectivity index (χ2n) is 6.46. The van der Waals surface area contributed by atoms with Gasteiger partial charge in [-0.15, -0.1) is 12.4 Å². The number of hydrogen-bond acceptors (Lipinski definition) is 2. The number of ketones is 1. The molecule has 1 aliphatic carbocycles. The molecule has 3 nitrogen and oxygen atoms in total. The number of aryl methyl sites for hydroxylation is 2. The average Bonchev–Trinajstić information content (AvgIpc) is 2.86. The number of pyridine rings is 2. The Morgan fingerprint density at radius 3 is 2.83 bits per heavy atom. The van der Waals surface area contributed by atoms with Crippen LogP contribution in [-0.2, 0) is 12.8 Å². The summed E-state index contributed by atoms with van der Waals surface area (Å²) in [5.74, 6) is 0.340.